The summed E-state index contributed by atoms with van der Waals surface area (Å²) in [5.74, 6) is -0.404. The first-order valence-corrected chi connectivity index (χ1v) is 4.99. The maximum absolute atomic E-state index is 13.4. The van der Waals surface area contributed by atoms with Crippen molar-refractivity contribution in [3.8, 4) is 0 Å². The summed E-state index contributed by atoms with van der Waals surface area (Å²) in [4.78, 5) is 0. The van der Waals surface area contributed by atoms with Crippen LogP contribution in [0.3, 0.4) is 0 Å². The van der Waals surface area contributed by atoms with Gasteiger partial charge in [-0.15, -0.1) is 0 Å². The number of halogens is 3. The summed E-state index contributed by atoms with van der Waals surface area (Å²) in [6, 6.07) is 3.42. The second kappa shape index (κ2) is 4.23. The topological polar surface area (TPSA) is 12.0 Å². The summed E-state index contributed by atoms with van der Waals surface area (Å²) < 4.78 is 38.2. The van der Waals surface area contributed by atoms with Crippen molar-refractivity contribution in [2.45, 2.75) is 25.3 Å². The van der Waals surface area contributed by atoms with E-state index < -0.39 is 12.2 Å². The van der Waals surface area contributed by atoms with Crippen molar-refractivity contribution >= 4 is 0 Å². The molecule has 0 aliphatic carbocycles. The lowest BCUT2D eigenvalue weighted by Crippen LogP contribution is -2.14. The van der Waals surface area contributed by atoms with Crippen LogP contribution in [0, 0.1) is 5.82 Å². The molecule has 82 valence electrons. The van der Waals surface area contributed by atoms with E-state index in [-0.39, 0.29) is 11.6 Å². The zero-order valence-corrected chi connectivity index (χ0v) is 8.14. The summed E-state index contributed by atoms with van der Waals surface area (Å²) in [7, 11) is 0. The van der Waals surface area contributed by atoms with Gasteiger partial charge in [0.05, 0.1) is 0 Å². The highest BCUT2D eigenvalue weighted by molar-refractivity contribution is 5.29. The quantitative estimate of drug-likeness (QED) is 0.798. The molecule has 4 heteroatoms. The summed E-state index contributed by atoms with van der Waals surface area (Å²) in [5, 5.41) is 3.09. The van der Waals surface area contributed by atoms with Gasteiger partial charge in [-0.05, 0) is 31.5 Å². The Morgan fingerprint density at radius 3 is 2.73 bits per heavy atom. The zero-order chi connectivity index (χ0) is 10.8. The van der Waals surface area contributed by atoms with Crippen LogP contribution in [0.2, 0.25) is 0 Å². The van der Waals surface area contributed by atoms with Gasteiger partial charge in [0.25, 0.3) is 6.43 Å². The number of hydrogen-bond donors (Lipinski definition) is 1. The van der Waals surface area contributed by atoms with Crippen molar-refractivity contribution in [2.75, 3.05) is 6.54 Å². The maximum atomic E-state index is 13.4. The van der Waals surface area contributed by atoms with Crippen LogP contribution in [0.25, 0.3) is 0 Å². The fourth-order valence-corrected chi connectivity index (χ4v) is 1.91. The second-order valence-electron chi connectivity index (χ2n) is 3.73. The van der Waals surface area contributed by atoms with Crippen molar-refractivity contribution in [1.82, 2.24) is 5.32 Å². The molecule has 1 fully saturated rings. The molecule has 1 aromatic carbocycles. The minimum absolute atomic E-state index is 0.108. The van der Waals surface area contributed by atoms with Crippen LogP contribution >= 0.6 is 0 Å². The molecule has 1 saturated heterocycles. The molecule has 1 aliphatic rings. The predicted molar refractivity (Wildman–Crippen MR) is 51.3 cm³/mol. The van der Waals surface area contributed by atoms with Gasteiger partial charge in [0.15, 0.2) is 0 Å². The van der Waals surface area contributed by atoms with Gasteiger partial charge >= 0.3 is 0 Å². The van der Waals surface area contributed by atoms with Crippen LogP contribution in [-0.4, -0.2) is 6.54 Å². The van der Waals surface area contributed by atoms with Gasteiger partial charge in [0.1, 0.15) is 5.82 Å². The number of benzene rings is 1. The average molecular weight is 215 g/mol. The molecule has 0 bridgehead atoms. The second-order valence-corrected chi connectivity index (χ2v) is 3.73. The number of rotatable bonds is 2. The molecule has 0 saturated carbocycles. The Hall–Kier alpha value is -1.03. The zero-order valence-electron chi connectivity index (χ0n) is 8.14. The van der Waals surface area contributed by atoms with Gasteiger partial charge in [0, 0.05) is 17.2 Å². The average Bonchev–Trinajstić information content (AvgIpc) is 2.71. The number of hydrogen-bond acceptors (Lipinski definition) is 1. The minimum atomic E-state index is -2.54. The molecule has 1 atom stereocenters. The van der Waals surface area contributed by atoms with Gasteiger partial charge in [-0.25, -0.2) is 13.2 Å². The highest BCUT2D eigenvalue weighted by Gasteiger charge is 2.21. The molecule has 1 aromatic rings. The number of nitrogens with one attached hydrogen (secondary N) is 1. The highest BCUT2D eigenvalue weighted by Crippen LogP contribution is 2.29. The Morgan fingerprint density at radius 1 is 1.33 bits per heavy atom. The Bertz CT molecular complexity index is 346. The summed E-state index contributed by atoms with van der Waals surface area (Å²) in [5.41, 5.74) is 0.255. The molecule has 0 unspecified atom stereocenters. The van der Waals surface area contributed by atoms with Gasteiger partial charge in [-0.3, -0.25) is 0 Å². The lowest BCUT2D eigenvalue weighted by Gasteiger charge is -2.13. The van der Waals surface area contributed by atoms with E-state index in [4.69, 9.17) is 0 Å². The first kappa shape index (κ1) is 10.5. The van der Waals surface area contributed by atoms with Crippen molar-refractivity contribution in [3.63, 3.8) is 0 Å². The van der Waals surface area contributed by atoms with Gasteiger partial charge in [0.2, 0.25) is 0 Å². The number of alkyl halides is 2. The molecule has 0 amide bonds. The van der Waals surface area contributed by atoms with Crippen molar-refractivity contribution < 1.29 is 13.2 Å². The van der Waals surface area contributed by atoms with E-state index in [0.29, 0.717) is 5.56 Å². The molecule has 0 aromatic heterocycles. The fraction of sp³-hybridized carbons (Fsp3) is 0.455. The third-order valence-corrected chi connectivity index (χ3v) is 2.71. The van der Waals surface area contributed by atoms with E-state index in [2.05, 4.69) is 5.32 Å². The third-order valence-electron chi connectivity index (χ3n) is 2.71. The van der Waals surface area contributed by atoms with E-state index in [1.54, 1.807) is 0 Å². The molecule has 1 nitrogen and oxygen atoms in total. The van der Waals surface area contributed by atoms with Crippen LogP contribution in [0.1, 0.15) is 36.4 Å². The van der Waals surface area contributed by atoms with E-state index in [1.807, 2.05) is 0 Å². The smallest absolute Gasteiger partial charge is 0.263 e. The van der Waals surface area contributed by atoms with Crippen LogP contribution < -0.4 is 5.32 Å². The van der Waals surface area contributed by atoms with E-state index in [9.17, 15) is 13.2 Å². The Kier molecular flexibility index (Phi) is 2.95. The molecule has 2 rings (SSSR count). The molecule has 0 spiro atoms. The SMILES string of the molecule is Fc1ccc(C(F)F)cc1[C@H]1CCCN1. The van der Waals surface area contributed by atoms with Crippen molar-refractivity contribution in [1.29, 1.82) is 0 Å². The Morgan fingerprint density at radius 2 is 2.13 bits per heavy atom. The molecule has 1 N–H and O–H groups in total. The van der Waals surface area contributed by atoms with E-state index in [0.717, 1.165) is 31.5 Å². The standard InChI is InChI=1S/C11H12F3N/c12-9-4-3-7(11(13)14)6-8(9)10-2-1-5-15-10/h3-4,6,10-11,15H,1-2,5H2/t10-/m1/s1. The molecular weight excluding hydrogens is 203 g/mol. The Balaban J connectivity index is 2.31. The molecule has 1 heterocycles. The van der Waals surface area contributed by atoms with Gasteiger partial charge in [-0.2, -0.15) is 0 Å². The van der Waals surface area contributed by atoms with E-state index in [1.165, 1.54) is 6.07 Å². The summed E-state index contributed by atoms with van der Waals surface area (Å²) in [6.45, 7) is 0.822. The van der Waals surface area contributed by atoms with Gasteiger partial charge in [-0.1, -0.05) is 6.07 Å². The lowest BCUT2D eigenvalue weighted by molar-refractivity contribution is 0.151. The minimum Gasteiger partial charge on any atom is -0.310 e. The van der Waals surface area contributed by atoms with Crippen LogP contribution in [0.15, 0.2) is 18.2 Å². The third kappa shape index (κ3) is 2.15. The first-order valence-electron chi connectivity index (χ1n) is 4.99. The fourth-order valence-electron chi connectivity index (χ4n) is 1.91. The summed E-state index contributed by atoms with van der Waals surface area (Å²) >= 11 is 0. The highest BCUT2D eigenvalue weighted by atomic mass is 19.3. The molecule has 0 radical (unpaired) electrons. The van der Waals surface area contributed by atoms with Gasteiger partial charge < -0.3 is 5.32 Å². The first-order chi connectivity index (χ1) is 7.18. The van der Waals surface area contributed by atoms with Crippen LogP contribution in [0.5, 0.6) is 0 Å². The van der Waals surface area contributed by atoms with Crippen LogP contribution in [0.4, 0.5) is 13.2 Å². The van der Waals surface area contributed by atoms with Crippen LogP contribution in [-0.2, 0) is 0 Å². The monoisotopic (exact) mass is 215 g/mol. The van der Waals surface area contributed by atoms with Crippen molar-refractivity contribution in [2.24, 2.45) is 0 Å². The predicted octanol–water partition coefficient (Wildman–Crippen LogP) is 3.19. The van der Waals surface area contributed by atoms with E-state index >= 15 is 0 Å². The maximum Gasteiger partial charge on any atom is 0.263 e. The summed E-state index contributed by atoms with van der Waals surface area (Å²) in [6.07, 6.45) is -0.766. The Labute approximate surface area is 86.3 Å². The molecule has 1 aliphatic heterocycles. The molecular formula is C11H12F3N. The molecule has 15 heavy (non-hydrogen) atoms. The largest absolute Gasteiger partial charge is 0.310 e. The normalized spacial score (nSPS) is 21.2. The van der Waals surface area contributed by atoms with Crippen molar-refractivity contribution in [3.05, 3.63) is 35.1 Å². The lowest BCUT2D eigenvalue weighted by atomic mass is 10.0.